The van der Waals surface area contributed by atoms with Crippen LogP contribution in [-0.2, 0) is 6.42 Å². The molecule has 0 fully saturated rings. The van der Waals surface area contributed by atoms with E-state index in [0.29, 0.717) is 12.2 Å². The molecule has 3 rings (SSSR count). The van der Waals surface area contributed by atoms with Crippen molar-refractivity contribution in [2.75, 3.05) is 5.73 Å². The lowest BCUT2D eigenvalue weighted by Crippen LogP contribution is -2.18. The molecule has 2 aromatic rings. The molecule has 3 N–H and O–H groups in total. The first-order valence-electron chi connectivity index (χ1n) is 6.93. The van der Waals surface area contributed by atoms with E-state index < -0.39 is 6.10 Å². The molecule has 106 valence electrons. The molecule has 2 atom stereocenters. The predicted molar refractivity (Wildman–Crippen MR) is 82.7 cm³/mol. The minimum absolute atomic E-state index is 0.169. The molecular formula is C17H17N3O. The summed E-state index contributed by atoms with van der Waals surface area (Å²) in [5.74, 6) is 0.269. The van der Waals surface area contributed by atoms with Crippen LogP contribution < -0.4 is 5.73 Å². The Morgan fingerprint density at radius 2 is 1.81 bits per heavy atom. The third-order valence-corrected chi connectivity index (χ3v) is 3.61. The fraction of sp³-hybridized carbons (Fsp3) is 0.176. The zero-order valence-corrected chi connectivity index (χ0v) is 11.6. The van der Waals surface area contributed by atoms with Gasteiger partial charge in [0, 0.05) is 12.0 Å². The van der Waals surface area contributed by atoms with Crippen LogP contribution >= 0.6 is 0 Å². The predicted octanol–water partition coefficient (Wildman–Crippen LogP) is 2.22. The molecular weight excluding hydrogens is 262 g/mol. The lowest BCUT2D eigenvalue weighted by Gasteiger charge is -2.19. The Bertz CT molecular complexity index is 680. The van der Waals surface area contributed by atoms with E-state index in [1.54, 1.807) is 6.08 Å². The Morgan fingerprint density at radius 1 is 1.05 bits per heavy atom. The minimum Gasteiger partial charge on any atom is -0.388 e. The van der Waals surface area contributed by atoms with Crippen molar-refractivity contribution in [2.45, 2.75) is 18.4 Å². The van der Waals surface area contributed by atoms with Gasteiger partial charge in [-0.05, 0) is 11.6 Å². The Morgan fingerprint density at radius 3 is 2.57 bits per heavy atom. The normalized spacial score (nSPS) is 20.6. The maximum absolute atomic E-state index is 10.0. The molecule has 4 nitrogen and oxygen atoms in total. The third-order valence-electron chi connectivity index (χ3n) is 3.61. The Balaban J connectivity index is 1.90. The van der Waals surface area contributed by atoms with Crippen LogP contribution in [0, 0.1) is 0 Å². The molecule has 0 saturated heterocycles. The summed E-state index contributed by atoms with van der Waals surface area (Å²) in [5, 5.41) is 18.2. The zero-order valence-electron chi connectivity index (χ0n) is 11.6. The molecule has 21 heavy (non-hydrogen) atoms. The van der Waals surface area contributed by atoms with Crippen LogP contribution in [0.15, 0.2) is 60.7 Å². The van der Waals surface area contributed by atoms with Gasteiger partial charge >= 0.3 is 0 Å². The Labute approximate surface area is 123 Å². The fourth-order valence-corrected chi connectivity index (χ4v) is 2.45. The number of aliphatic hydroxyl groups excluding tert-OH is 1. The first kappa shape index (κ1) is 13.5. The standard InChI is InChI=1S/C17H17N3O/c18-17-13(10-12-6-2-1-3-7-12)11-15(19-20-17)14-8-4-5-9-16(14)21/h1-9,11,14,16,21H,10H2,(H2,18,20). The van der Waals surface area contributed by atoms with Crippen molar-refractivity contribution in [1.82, 2.24) is 10.2 Å². The van der Waals surface area contributed by atoms with Crippen molar-refractivity contribution >= 4 is 5.82 Å². The van der Waals surface area contributed by atoms with E-state index in [1.165, 1.54) is 5.56 Å². The molecule has 0 spiro atoms. The summed E-state index contributed by atoms with van der Waals surface area (Å²) in [7, 11) is 0. The number of hydrogen-bond acceptors (Lipinski definition) is 4. The first-order valence-corrected chi connectivity index (χ1v) is 6.93. The number of anilines is 1. The number of nitrogens with two attached hydrogens (primary N) is 1. The third kappa shape index (κ3) is 3.01. The minimum atomic E-state index is -0.572. The second-order valence-electron chi connectivity index (χ2n) is 5.13. The summed E-state index contributed by atoms with van der Waals surface area (Å²) in [5.41, 5.74) is 8.77. The smallest absolute Gasteiger partial charge is 0.149 e. The second kappa shape index (κ2) is 5.89. The van der Waals surface area contributed by atoms with E-state index >= 15 is 0 Å². The number of allylic oxidation sites excluding steroid dienone is 2. The van der Waals surface area contributed by atoms with Crippen LogP contribution in [0.25, 0.3) is 0 Å². The zero-order chi connectivity index (χ0) is 14.7. The van der Waals surface area contributed by atoms with Gasteiger partial charge < -0.3 is 10.8 Å². The first-order chi connectivity index (χ1) is 10.2. The monoisotopic (exact) mass is 279 g/mol. The van der Waals surface area contributed by atoms with Crippen molar-refractivity contribution in [2.24, 2.45) is 0 Å². The molecule has 0 amide bonds. The molecule has 4 heteroatoms. The van der Waals surface area contributed by atoms with Crippen LogP contribution in [0.2, 0.25) is 0 Å². The highest BCUT2D eigenvalue weighted by atomic mass is 16.3. The van der Waals surface area contributed by atoms with E-state index in [2.05, 4.69) is 22.3 Å². The number of rotatable bonds is 3. The number of nitrogen functional groups attached to an aromatic ring is 1. The van der Waals surface area contributed by atoms with Gasteiger partial charge in [-0.15, -0.1) is 5.10 Å². The topological polar surface area (TPSA) is 72.0 Å². The van der Waals surface area contributed by atoms with E-state index in [0.717, 1.165) is 11.3 Å². The average molecular weight is 279 g/mol. The van der Waals surface area contributed by atoms with Crippen molar-refractivity contribution in [3.8, 4) is 0 Å². The van der Waals surface area contributed by atoms with E-state index in [4.69, 9.17) is 5.73 Å². The molecule has 0 radical (unpaired) electrons. The van der Waals surface area contributed by atoms with Gasteiger partial charge in [0.25, 0.3) is 0 Å². The number of hydrogen-bond donors (Lipinski definition) is 2. The number of nitrogens with zero attached hydrogens (tertiary/aromatic N) is 2. The molecule has 0 bridgehead atoms. The highest BCUT2D eigenvalue weighted by Crippen LogP contribution is 2.25. The Kier molecular flexibility index (Phi) is 3.79. The van der Waals surface area contributed by atoms with Crippen LogP contribution in [0.1, 0.15) is 22.7 Å². The van der Waals surface area contributed by atoms with Gasteiger partial charge in [-0.3, -0.25) is 0 Å². The van der Waals surface area contributed by atoms with Crippen LogP contribution in [0.3, 0.4) is 0 Å². The molecule has 1 aliphatic rings. The maximum atomic E-state index is 10.0. The molecule has 1 aromatic carbocycles. The highest BCUT2D eigenvalue weighted by molar-refractivity contribution is 5.43. The SMILES string of the molecule is Nc1nnc(C2C=CC=CC2O)cc1Cc1ccccc1. The van der Waals surface area contributed by atoms with Crippen LogP contribution in [0.5, 0.6) is 0 Å². The Hall–Kier alpha value is -2.46. The molecule has 0 aliphatic heterocycles. The van der Waals surface area contributed by atoms with Gasteiger partial charge in [-0.1, -0.05) is 54.6 Å². The molecule has 2 unspecified atom stereocenters. The summed E-state index contributed by atoms with van der Waals surface area (Å²) in [6.07, 6.45) is 7.55. The van der Waals surface area contributed by atoms with Crippen molar-refractivity contribution in [3.05, 3.63) is 77.5 Å². The number of aromatic nitrogens is 2. The lowest BCUT2D eigenvalue weighted by atomic mass is 9.93. The largest absolute Gasteiger partial charge is 0.388 e. The van der Waals surface area contributed by atoms with Crippen molar-refractivity contribution < 1.29 is 5.11 Å². The van der Waals surface area contributed by atoms with Gasteiger partial charge in [0.15, 0.2) is 0 Å². The quantitative estimate of drug-likeness (QED) is 0.903. The van der Waals surface area contributed by atoms with E-state index in [9.17, 15) is 5.11 Å². The summed E-state index contributed by atoms with van der Waals surface area (Å²) >= 11 is 0. The molecule has 1 aliphatic carbocycles. The summed E-state index contributed by atoms with van der Waals surface area (Å²) in [6.45, 7) is 0. The van der Waals surface area contributed by atoms with Crippen LogP contribution in [0.4, 0.5) is 5.82 Å². The lowest BCUT2D eigenvalue weighted by molar-refractivity contribution is 0.204. The molecule has 1 heterocycles. The van der Waals surface area contributed by atoms with Gasteiger partial charge in [-0.25, -0.2) is 0 Å². The number of benzene rings is 1. The number of aliphatic hydroxyl groups is 1. The molecule has 1 aromatic heterocycles. The van der Waals surface area contributed by atoms with Gasteiger partial charge in [0.05, 0.1) is 17.7 Å². The van der Waals surface area contributed by atoms with Gasteiger partial charge in [-0.2, -0.15) is 5.10 Å². The van der Waals surface area contributed by atoms with Crippen LogP contribution in [-0.4, -0.2) is 21.4 Å². The van der Waals surface area contributed by atoms with Gasteiger partial charge in [0.1, 0.15) is 5.82 Å². The van der Waals surface area contributed by atoms with Crippen molar-refractivity contribution in [1.29, 1.82) is 0 Å². The van der Waals surface area contributed by atoms with Gasteiger partial charge in [0.2, 0.25) is 0 Å². The molecule has 0 saturated carbocycles. The van der Waals surface area contributed by atoms with E-state index in [-0.39, 0.29) is 5.92 Å². The fourth-order valence-electron chi connectivity index (χ4n) is 2.45. The summed E-state index contributed by atoms with van der Waals surface area (Å²) < 4.78 is 0. The summed E-state index contributed by atoms with van der Waals surface area (Å²) in [4.78, 5) is 0. The van der Waals surface area contributed by atoms with E-state index in [1.807, 2.05) is 42.5 Å². The van der Waals surface area contributed by atoms with Crippen molar-refractivity contribution in [3.63, 3.8) is 0 Å². The average Bonchev–Trinajstić information content (AvgIpc) is 2.51. The second-order valence-corrected chi connectivity index (χ2v) is 5.13. The maximum Gasteiger partial charge on any atom is 0.149 e. The highest BCUT2D eigenvalue weighted by Gasteiger charge is 2.20. The summed E-state index contributed by atoms with van der Waals surface area (Å²) in [6, 6.07) is 12.0.